The van der Waals surface area contributed by atoms with E-state index in [0.29, 0.717) is 22.2 Å². The molecule has 0 radical (unpaired) electrons. The molecular formula is C29H41BN2O6. The first-order valence-electron chi connectivity index (χ1n) is 12.8. The molecule has 1 N–H and O–H groups in total. The van der Waals surface area contributed by atoms with Crippen molar-refractivity contribution in [1.82, 2.24) is 10.4 Å². The number of aryl methyl sites for hydroxylation is 2. The van der Waals surface area contributed by atoms with Crippen LogP contribution in [0.1, 0.15) is 92.2 Å². The molecule has 0 aliphatic carbocycles. The third-order valence-electron chi connectivity index (χ3n) is 7.09. The number of rotatable bonds is 6. The van der Waals surface area contributed by atoms with Crippen LogP contribution in [-0.2, 0) is 18.8 Å². The van der Waals surface area contributed by atoms with Crippen LogP contribution in [0, 0.1) is 13.8 Å². The van der Waals surface area contributed by atoms with Gasteiger partial charge < -0.3 is 18.8 Å². The van der Waals surface area contributed by atoms with Gasteiger partial charge in [0, 0.05) is 30.9 Å². The molecule has 3 rings (SSSR count). The van der Waals surface area contributed by atoms with Crippen molar-refractivity contribution in [3.8, 4) is 0 Å². The zero-order chi connectivity index (χ0) is 28.6. The molecule has 1 fully saturated rings. The molecule has 1 saturated heterocycles. The molecule has 38 heavy (non-hydrogen) atoms. The maximum absolute atomic E-state index is 13.5. The monoisotopic (exact) mass is 524 g/mol. The van der Waals surface area contributed by atoms with E-state index in [9.17, 15) is 9.59 Å². The number of hydrogen-bond acceptors (Lipinski definition) is 6. The van der Waals surface area contributed by atoms with Crippen LogP contribution in [0.5, 0.6) is 0 Å². The van der Waals surface area contributed by atoms with Gasteiger partial charge in [-0.1, -0.05) is 23.3 Å². The fraction of sp³-hybridized carbons (Fsp3) is 0.517. The highest BCUT2D eigenvalue weighted by Gasteiger charge is 2.52. The van der Waals surface area contributed by atoms with E-state index in [1.807, 2.05) is 80.5 Å². The number of carbonyl (C=O) groups excluding carboxylic acids is 2. The van der Waals surface area contributed by atoms with Crippen molar-refractivity contribution in [2.45, 2.75) is 85.3 Å². The molecule has 0 aromatic heterocycles. The van der Waals surface area contributed by atoms with Crippen LogP contribution in [0.4, 0.5) is 0 Å². The van der Waals surface area contributed by atoms with E-state index in [4.69, 9.17) is 18.8 Å². The Morgan fingerprint density at radius 1 is 0.895 bits per heavy atom. The summed E-state index contributed by atoms with van der Waals surface area (Å²) in [6.45, 7) is 17.4. The summed E-state index contributed by atoms with van der Waals surface area (Å²) in [5.41, 5.74) is 5.16. The molecule has 1 heterocycles. The number of methoxy groups -OCH3 is 2. The van der Waals surface area contributed by atoms with Crippen LogP contribution in [-0.4, -0.2) is 54.9 Å². The van der Waals surface area contributed by atoms with E-state index in [1.165, 1.54) is 19.2 Å². The molecule has 206 valence electrons. The first-order valence-corrected chi connectivity index (χ1v) is 12.8. The number of nitrogens with zero attached hydrogens (tertiary/aromatic N) is 1. The molecular weight excluding hydrogens is 483 g/mol. The second kappa shape index (κ2) is 10.8. The maximum Gasteiger partial charge on any atom is 0.495 e. The molecule has 0 bridgehead atoms. The number of carbonyl (C=O) groups is 2. The van der Waals surface area contributed by atoms with Crippen LogP contribution >= 0.6 is 0 Å². The molecule has 0 saturated carbocycles. The maximum atomic E-state index is 13.5. The van der Waals surface area contributed by atoms with Crippen LogP contribution in [0.25, 0.3) is 0 Å². The predicted octanol–water partition coefficient (Wildman–Crippen LogP) is 4.48. The fourth-order valence-electron chi connectivity index (χ4n) is 4.37. The summed E-state index contributed by atoms with van der Waals surface area (Å²) in [6.07, 6.45) is -0.757. The van der Waals surface area contributed by atoms with E-state index in [2.05, 4.69) is 5.43 Å². The lowest BCUT2D eigenvalue weighted by Crippen LogP contribution is -2.56. The van der Waals surface area contributed by atoms with Crippen LogP contribution in [0.2, 0.25) is 0 Å². The Morgan fingerprint density at radius 2 is 1.42 bits per heavy atom. The quantitative estimate of drug-likeness (QED) is 0.341. The lowest BCUT2D eigenvalue weighted by molar-refractivity contribution is -0.105. The number of benzene rings is 2. The Labute approximate surface area is 227 Å². The van der Waals surface area contributed by atoms with Crippen molar-refractivity contribution in [3.05, 3.63) is 64.2 Å². The summed E-state index contributed by atoms with van der Waals surface area (Å²) in [4.78, 5) is 27.0. The summed E-state index contributed by atoms with van der Waals surface area (Å²) in [5, 5.41) is 1.37. The molecule has 1 aliphatic heterocycles. The summed E-state index contributed by atoms with van der Waals surface area (Å²) in [5.74, 6) is -0.733. The highest BCUT2D eigenvalue weighted by molar-refractivity contribution is 6.62. The van der Waals surface area contributed by atoms with Gasteiger partial charge in [0.05, 0.1) is 16.7 Å². The van der Waals surface area contributed by atoms with Gasteiger partial charge in [-0.15, -0.1) is 0 Å². The Balaban J connectivity index is 1.97. The SMILES string of the molecule is COC(OC)c1cc(C(=O)NN(C(=O)c2cc(C)cc(C)c2)C(C)(C)C)ccc1B1OC(C)(C)C(C)(C)O1. The first-order chi connectivity index (χ1) is 17.5. The van der Waals surface area contributed by atoms with Crippen molar-refractivity contribution in [2.75, 3.05) is 14.2 Å². The zero-order valence-corrected chi connectivity index (χ0v) is 24.5. The zero-order valence-electron chi connectivity index (χ0n) is 24.5. The summed E-state index contributed by atoms with van der Waals surface area (Å²) >= 11 is 0. The molecule has 0 unspecified atom stereocenters. The van der Waals surface area contributed by atoms with Gasteiger partial charge in [0.1, 0.15) is 0 Å². The van der Waals surface area contributed by atoms with Crippen LogP contribution < -0.4 is 10.9 Å². The van der Waals surface area contributed by atoms with E-state index in [-0.39, 0.29) is 5.91 Å². The molecule has 0 spiro atoms. The number of amides is 2. The summed E-state index contributed by atoms with van der Waals surface area (Å²) in [7, 11) is 2.38. The second-order valence-corrected chi connectivity index (χ2v) is 11.9. The third-order valence-corrected chi connectivity index (χ3v) is 7.09. The first kappa shape index (κ1) is 29.8. The lowest BCUT2D eigenvalue weighted by atomic mass is 9.75. The van der Waals surface area contributed by atoms with Gasteiger partial charge in [-0.2, -0.15) is 0 Å². The molecule has 2 amide bonds. The van der Waals surface area contributed by atoms with E-state index < -0.39 is 36.1 Å². The molecule has 1 aliphatic rings. The smallest absolute Gasteiger partial charge is 0.399 e. The molecule has 8 nitrogen and oxygen atoms in total. The average molecular weight is 524 g/mol. The minimum atomic E-state index is -0.757. The predicted molar refractivity (Wildman–Crippen MR) is 148 cm³/mol. The van der Waals surface area contributed by atoms with Crippen molar-refractivity contribution in [2.24, 2.45) is 0 Å². The normalized spacial score (nSPS) is 16.6. The van der Waals surface area contributed by atoms with Gasteiger partial charge in [-0.25, -0.2) is 5.01 Å². The summed E-state index contributed by atoms with van der Waals surface area (Å²) < 4.78 is 23.6. The number of ether oxygens (including phenoxy) is 2. The Kier molecular flexibility index (Phi) is 8.49. The summed E-state index contributed by atoms with van der Waals surface area (Å²) in [6, 6.07) is 10.8. The van der Waals surface area contributed by atoms with E-state index >= 15 is 0 Å². The minimum absolute atomic E-state index is 0.293. The van der Waals surface area contributed by atoms with Crippen LogP contribution in [0.15, 0.2) is 36.4 Å². The largest absolute Gasteiger partial charge is 0.495 e. The van der Waals surface area contributed by atoms with E-state index in [1.54, 1.807) is 18.2 Å². The fourth-order valence-corrected chi connectivity index (χ4v) is 4.37. The number of hydrazine groups is 1. The Hall–Kier alpha value is -2.72. The number of hydrogen-bond donors (Lipinski definition) is 1. The van der Waals surface area contributed by atoms with Gasteiger partial charge in [-0.3, -0.25) is 15.0 Å². The van der Waals surface area contributed by atoms with Gasteiger partial charge in [0.15, 0.2) is 6.29 Å². The molecule has 2 aromatic rings. The molecule has 0 atom stereocenters. The Morgan fingerprint density at radius 3 is 1.89 bits per heavy atom. The second-order valence-electron chi connectivity index (χ2n) is 11.9. The van der Waals surface area contributed by atoms with E-state index in [0.717, 1.165) is 11.1 Å². The Bertz CT molecular complexity index is 1160. The van der Waals surface area contributed by atoms with Crippen molar-refractivity contribution in [1.29, 1.82) is 0 Å². The highest BCUT2D eigenvalue weighted by atomic mass is 16.7. The van der Waals surface area contributed by atoms with Crippen molar-refractivity contribution in [3.63, 3.8) is 0 Å². The van der Waals surface area contributed by atoms with Gasteiger partial charge >= 0.3 is 7.12 Å². The van der Waals surface area contributed by atoms with Gasteiger partial charge in [0.2, 0.25) is 0 Å². The standard InChI is InChI=1S/C29H41BN2O6/c1-18-14-19(2)16-21(15-18)25(34)32(27(3,4)5)31-24(33)20-12-13-23(22(17-20)26(35-10)36-11)30-37-28(6,7)29(8,9)38-30/h12-17,26H,1-11H3,(H,31,33). The lowest BCUT2D eigenvalue weighted by Gasteiger charge is -2.35. The van der Waals surface area contributed by atoms with Crippen molar-refractivity contribution < 1.29 is 28.4 Å². The molecule has 9 heteroatoms. The topological polar surface area (TPSA) is 86.3 Å². The minimum Gasteiger partial charge on any atom is -0.399 e. The average Bonchev–Trinajstić information content (AvgIpc) is 3.02. The van der Waals surface area contributed by atoms with Gasteiger partial charge in [-0.05, 0) is 92.0 Å². The van der Waals surface area contributed by atoms with Crippen molar-refractivity contribution >= 4 is 24.4 Å². The number of nitrogens with one attached hydrogen (secondary N) is 1. The van der Waals surface area contributed by atoms with Gasteiger partial charge in [0.25, 0.3) is 11.8 Å². The highest BCUT2D eigenvalue weighted by Crippen LogP contribution is 2.37. The molecule has 2 aromatic carbocycles. The third kappa shape index (κ3) is 6.12. The van der Waals surface area contributed by atoms with Crippen LogP contribution in [0.3, 0.4) is 0 Å².